The van der Waals surface area contributed by atoms with E-state index in [0.29, 0.717) is 21.9 Å². The first-order chi connectivity index (χ1) is 13.7. The van der Waals surface area contributed by atoms with Crippen molar-refractivity contribution in [2.24, 2.45) is 5.92 Å². The molecule has 0 saturated heterocycles. The summed E-state index contributed by atoms with van der Waals surface area (Å²) in [6, 6.07) is 17.6. The molecule has 3 aromatic rings. The van der Waals surface area contributed by atoms with Crippen LogP contribution < -0.4 is 0 Å². The third-order valence-corrected chi connectivity index (χ3v) is 6.67. The third-order valence-electron chi connectivity index (χ3n) is 6.42. The number of hydrogen-bond donors (Lipinski definition) is 0. The van der Waals surface area contributed by atoms with Crippen molar-refractivity contribution < 1.29 is 4.39 Å². The average Bonchev–Trinajstić information content (AvgIpc) is 2.73. The zero-order valence-corrected chi connectivity index (χ0v) is 17.3. The molecule has 1 fully saturated rings. The van der Waals surface area contributed by atoms with Crippen molar-refractivity contribution in [3.05, 3.63) is 71.0 Å². The minimum atomic E-state index is -0.144. The van der Waals surface area contributed by atoms with Crippen molar-refractivity contribution in [2.45, 2.75) is 57.8 Å². The first-order valence-corrected chi connectivity index (χ1v) is 11.0. The normalized spacial score (nSPS) is 19.8. The van der Waals surface area contributed by atoms with Crippen molar-refractivity contribution in [3.8, 4) is 11.1 Å². The molecule has 0 amide bonds. The van der Waals surface area contributed by atoms with Gasteiger partial charge in [0.25, 0.3) is 0 Å². The summed E-state index contributed by atoms with van der Waals surface area (Å²) in [5, 5.41) is 2.37. The molecular weight excluding hydrogens is 367 g/mol. The number of benzene rings is 3. The quantitative estimate of drug-likeness (QED) is 0.405. The lowest BCUT2D eigenvalue weighted by Gasteiger charge is -2.29. The molecule has 0 nitrogen and oxygen atoms in total. The summed E-state index contributed by atoms with van der Waals surface area (Å²) in [6.07, 6.45) is 9.27. The topological polar surface area (TPSA) is 0 Å². The van der Waals surface area contributed by atoms with Gasteiger partial charge in [-0.25, -0.2) is 4.39 Å². The Labute approximate surface area is 172 Å². The summed E-state index contributed by atoms with van der Waals surface area (Å²) in [7, 11) is 0. The molecule has 1 aliphatic carbocycles. The molecule has 28 heavy (non-hydrogen) atoms. The Morgan fingerprint density at radius 2 is 1.68 bits per heavy atom. The van der Waals surface area contributed by atoms with Gasteiger partial charge in [-0.15, -0.1) is 0 Å². The van der Waals surface area contributed by atoms with Gasteiger partial charge in [0.15, 0.2) is 0 Å². The van der Waals surface area contributed by atoms with E-state index >= 15 is 4.39 Å². The fraction of sp³-hybridized carbons (Fsp3) is 0.385. The van der Waals surface area contributed by atoms with Gasteiger partial charge >= 0.3 is 0 Å². The van der Waals surface area contributed by atoms with E-state index in [9.17, 15) is 0 Å². The van der Waals surface area contributed by atoms with Crippen LogP contribution in [-0.2, 0) is 0 Å². The van der Waals surface area contributed by atoms with Gasteiger partial charge in [-0.1, -0.05) is 80.3 Å². The van der Waals surface area contributed by atoms with Gasteiger partial charge in [0, 0.05) is 16.0 Å². The number of unbranched alkanes of at least 4 members (excludes halogenated alkanes) is 1. The molecule has 4 rings (SSSR count). The second-order valence-electron chi connectivity index (χ2n) is 8.27. The molecule has 0 atom stereocenters. The van der Waals surface area contributed by atoms with E-state index in [0.717, 1.165) is 16.9 Å². The molecule has 0 unspecified atom stereocenters. The molecule has 0 spiro atoms. The van der Waals surface area contributed by atoms with Gasteiger partial charge < -0.3 is 0 Å². The number of rotatable bonds is 5. The van der Waals surface area contributed by atoms with E-state index in [2.05, 4.69) is 25.1 Å². The van der Waals surface area contributed by atoms with Crippen LogP contribution in [0.1, 0.15) is 63.4 Å². The summed E-state index contributed by atoms with van der Waals surface area (Å²) in [5.74, 6) is 1.40. The van der Waals surface area contributed by atoms with Gasteiger partial charge in [-0.2, -0.15) is 0 Å². The lowest BCUT2D eigenvalue weighted by Crippen LogP contribution is -2.13. The zero-order chi connectivity index (χ0) is 19.5. The van der Waals surface area contributed by atoms with E-state index in [4.69, 9.17) is 11.6 Å². The van der Waals surface area contributed by atoms with Crippen LogP contribution in [0.25, 0.3) is 21.9 Å². The maximum absolute atomic E-state index is 15.2. The molecule has 2 heteroatoms. The van der Waals surface area contributed by atoms with Crippen LogP contribution in [0, 0.1) is 11.7 Å². The maximum atomic E-state index is 15.2. The van der Waals surface area contributed by atoms with Crippen molar-refractivity contribution in [3.63, 3.8) is 0 Å². The van der Waals surface area contributed by atoms with Crippen molar-refractivity contribution >= 4 is 22.4 Å². The smallest absolute Gasteiger partial charge is 0.138 e. The van der Waals surface area contributed by atoms with Crippen LogP contribution >= 0.6 is 11.6 Å². The Hall–Kier alpha value is -1.86. The van der Waals surface area contributed by atoms with Crippen LogP contribution in [0.15, 0.2) is 54.6 Å². The number of fused-ring (bicyclic) bond motifs is 1. The Morgan fingerprint density at radius 1 is 0.929 bits per heavy atom. The zero-order valence-electron chi connectivity index (χ0n) is 16.6. The standard InChI is InChI=1S/C26H28ClF/c1-2-3-4-18-5-7-19(8-6-18)21-11-15-25-22(17-21)12-16-24(26(25)28)20-9-13-23(27)14-10-20/h9-19H,2-8H2,1H3/t18-,19-. The second-order valence-corrected chi connectivity index (χ2v) is 8.71. The van der Waals surface area contributed by atoms with Crippen LogP contribution in [-0.4, -0.2) is 0 Å². The highest BCUT2D eigenvalue weighted by Crippen LogP contribution is 2.39. The van der Waals surface area contributed by atoms with Gasteiger partial charge in [-0.3, -0.25) is 0 Å². The summed E-state index contributed by atoms with van der Waals surface area (Å²) < 4.78 is 15.2. The molecular formula is C26H28ClF. The van der Waals surface area contributed by atoms with Crippen LogP contribution in [0.5, 0.6) is 0 Å². The van der Waals surface area contributed by atoms with Crippen molar-refractivity contribution in [2.75, 3.05) is 0 Å². The molecule has 0 radical (unpaired) electrons. The predicted molar refractivity (Wildman–Crippen MR) is 119 cm³/mol. The SMILES string of the molecule is CCCC[C@H]1CC[C@H](c2ccc3c(F)c(-c4ccc(Cl)cc4)ccc3c2)CC1. The molecule has 1 aliphatic rings. The van der Waals surface area contributed by atoms with Crippen molar-refractivity contribution in [1.82, 2.24) is 0 Å². The van der Waals surface area contributed by atoms with Gasteiger partial charge in [0.1, 0.15) is 5.82 Å². The van der Waals surface area contributed by atoms with Gasteiger partial charge in [0.05, 0.1) is 0 Å². The monoisotopic (exact) mass is 394 g/mol. The summed E-state index contributed by atoms with van der Waals surface area (Å²) in [6.45, 7) is 2.28. The fourth-order valence-electron chi connectivity index (χ4n) is 4.69. The molecule has 0 bridgehead atoms. The summed E-state index contributed by atoms with van der Waals surface area (Å²) in [4.78, 5) is 0. The third kappa shape index (κ3) is 4.10. The van der Waals surface area contributed by atoms with Gasteiger partial charge in [0.2, 0.25) is 0 Å². The highest BCUT2D eigenvalue weighted by Gasteiger charge is 2.22. The van der Waals surface area contributed by atoms with Gasteiger partial charge in [-0.05, 0) is 66.2 Å². The first-order valence-electron chi connectivity index (χ1n) is 10.6. The average molecular weight is 395 g/mol. The summed E-state index contributed by atoms with van der Waals surface area (Å²) in [5.41, 5.74) is 2.87. The highest BCUT2D eigenvalue weighted by molar-refractivity contribution is 6.30. The van der Waals surface area contributed by atoms with Crippen LogP contribution in [0.2, 0.25) is 5.02 Å². The summed E-state index contributed by atoms with van der Waals surface area (Å²) >= 11 is 5.97. The minimum absolute atomic E-state index is 0.144. The molecule has 0 aromatic heterocycles. The largest absolute Gasteiger partial charge is 0.206 e. The number of hydrogen-bond acceptors (Lipinski definition) is 0. The number of halogens is 2. The molecule has 3 aromatic carbocycles. The van der Waals surface area contributed by atoms with Crippen LogP contribution in [0.4, 0.5) is 4.39 Å². The van der Waals surface area contributed by atoms with Crippen LogP contribution in [0.3, 0.4) is 0 Å². The Kier molecular flexibility index (Phi) is 6.01. The molecule has 0 N–H and O–H groups in total. The maximum Gasteiger partial charge on any atom is 0.138 e. The van der Waals surface area contributed by atoms with E-state index in [1.807, 2.05) is 24.3 Å². The Morgan fingerprint density at radius 3 is 2.39 bits per heavy atom. The Bertz CT molecular complexity index is 937. The molecule has 1 saturated carbocycles. The molecule has 0 aliphatic heterocycles. The first kappa shape index (κ1) is 19.5. The molecule has 0 heterocycles. The van der Waals surface area contributed by atoms with E-state index < -0.39 is 0 Å². The minimum Gasteiger partial charge on any atom is -0.206 e. The highest BCUT2D eigenvalue weighted by atomic mass is 35.5. The van der Waals surface area contributed by atoms with E-state index in [1.54, 1.807) is 12.1 Å². The Balaban J connectivity index is 1.55. The fourth-order valence-corrected chi connectivity index (χ4v) is 4.82. The predicted octanol–water partition coefficient (Wildman–Crippen LogP) is 8.76. The molecule has 146 valence electrons. The lowest BCUT2D eigenvalue weighted by atomic mass is 9.77. The van der Waals surface area contributed by atoms with E-state index in [-0.39, 0.29) is 5.82 Å². The van der Waals surface area contributed by atoms with Crippen molar-refractivity contribution in [1.29, 1.82) is 0 Å². The lowest BCUT2D eigenvalue weighted by molar-refractivity contribution is 0.304. The van der Waals surface area contributed by atoms with E-state index in [1.165, 1.54) is 50.5 Å². The second kappa shape index (κ2) is 8.66.